The molecule has 2 aromatic rings. The van der Waals surface area contributed by atoms with Crippen LogP contribution in [0.25, 0.3) is 0 Å². The van der Waals surface area contributed by atoms with Crippen LogP contribution in [0.3, 0.4) is 0 Å². The molecular formula is C12H9BrClNO4S2. The maximum Gasteiger partial charge on any atom is 0.337 e. The number of carbonyl (C=O) groups is 1. The van der Waals surface area contributed by atoms with Gasteiger partial charge in [-0.3, -0.25) is 4.72 Å². The molecule has 0 unspecified atom stereocenters. The first-order chi connectivity index (χ1) is 9.70. The summed E-state index contributed by atoms with van der Waals surface area (Å²) in [5.74, 6) is -1.24. The lowest BCUT2D eigenvalue weighted by Gasteiger charge is -2.10. The fraction of sp³-hybridized carbons (Fsp3) is 0.0833. The van der Waals surface area contributed by atoms with Gasteiger partial charge in [0.25, 0.3) is 10.0 Å². The van der Waals surface area contributed by atoms with Crippen LogP contribution in [0.15, 0.2) is 32.9 Å². The van der Waals surface area contributed by atoms with Crippen molar-refractivity contribution in [1.29, 1.82) is 0 Å². The minimum atomic E-state index is -3.89. The molecule has 0 radical (unpaired) electrons. The highest BCUT2D eigenvalue weighted by atomic mass is 79.9. The van der Waals surface area contributed by atoms with Crippen LogP contribution < -0.4 is 4.72 Å². The van der Waals surface area contributed by atoms with Gasteiger partial charge >= 0.3 is 5.97 Å². The van der Waals surface area contributed by atoms with Crippen molar-refractivity contribution in [1.82, 2.24) is 0 Å². The van der Waals surface area contributed by atoms with E-state index >= 15 is 0 Å². The highest BCUT2D eigenvalue weighted by Crippen LogP contribution is 2.32. The quantitative estimate of drug-likeness (QED) is 0.799. The van der Waals surface area contributed by atoms with E-state index in [0.717, 1.165) is 0 Å². The molecule has 21 heavy (non-hydrogen) atoms. The molecule has 9 heteroatoms. The van der Waals surface area contributed by atoms with Gasteiger partial charge in [0, 0.05) is 9.90 Å². The number of thiophene rings is 1. The van der Waals surface area contributed by atoms with Gasteiger partial charge in [0.1, 0.15) is 4.90 Å². The molecule has 0 spiro atoms. The van der Waals surface area contributed by atoms with Crippen LogP contribution in [0.4, 0.5) is 5.69 Å². The second kappa shape index (κ2) is 5.96. The summed E-state index contributed by atoms with van der Waals surface area (Å²) in [7, 11) is -3.89. The van der Waals surface area contributed by atoms with E-state index in [2.05, 4.69) is 20.7 Å². The number of carboxylic acid groups (broad SMARTS) is 1. The molecule has 0 saturated heterocycles. The minimum Gasteiger partial charge on any atom is -0.478 e. The molecule has 1 heterocycles. The average Bonchev–Trinajstić information content (AvgIpc) is 2.68. The summed E-state index contributed by atoms with van der Waals surface area (Å²) < 4.78 is 27.7. The Bertz CT molecular complexity index is 817. The van der Waals surface area contributed by atoms with Crippen molar-refractivity contribution >= 4 is 60.5 Å². The highest BCUT2D eigenvalue weighted by molar-refractivity contribution is 9.11. The van der Waals surface area contributed by atoms with Gasteiger partial charge in [0.05, 0.1) is 15.0 Å². The first-order valence-corrected chi connectivity index (χ1v) is 8.99. The van der Waals surface area contributed by atoms with Crippen molar-refractivity contribution < 1.29 is 18.3 Å². The SMILES string of the molecule is Cc1sc(Br)cc1S(=O)(=O)Nc1cc(Cl)ccc1C(=O)O. The predicted octanol–water partition coefficient (Wildman–Crippen LogP) is 3.97. The number of benzene rings is 1. The van der Waals surface area contributed by atoms with Crippen molar-refractivity contribution in [3.05, 3.63) is 43.5 Å². The summed E-state index contributed by atoms with van der Waals surface area (Å²) in [6.45, 7) is 1.67. The van der Waals surface area contributed by atoms with Crippen molar-refractivity contribution in [2.45, 2.75) is 11.8 Å². The Balaban J connectivity index is 2.48. The lowest BCUT2D eigenvalue weighted by molar-refractivity contribution is 0.0698. The van der Waals surface area contributed by atoms with E-state index in [0.29, 0.717) is 8.66 Å². The van der Waals surface area contributed by atoms with E-state index in [1.807, 2.05) is 0 Å². The van der Waals surface area contributed by atoms with E-state index in [-0.39, 0.29) is 21.2 Å². The number of aryl methyl sites for hydroxylation is 1. The monoisotopic (exact) mass is 409 g/mol. The van der Waals surface area contributed by atoms with Gasteiger partial charge in [-0.05, 0) is 47.1 Å². The molecule has 5 nitrogen and oxygen atoms in total. The number of hydrogen-bond acceptors (Lipinski definition) is 4. The highest BCUT2D eigenvalue weighted by Gasteiger charge is 2.22. The van der Waals surface area contributed by atoms with Gasteiger partial charge in [-0.1, -0.05) is 11.6 Å². The maximum atomic E-state index is 12.4. The lowest BCUT2D eigenvalue weighted by Crippen LogP contribution is -2.15. The Kier molecular flexibility index (Phi) is 4.62. The van der Waals surface area contributed by atoms with Crippen LogP contribution in [0.1, 0.15) is 15.2 Å². The first-order valence-electron chi connectivity index (χ1n) is 5.52. The average molecular weight is 411 g/mol. The third kappa shape index (κ3) is 3.57. The maximum absolute atomic E-state index is 12.4. The molecule has 0 atom stereocenters. The Labute approximate surface area is 138 Å². The first kappa shape index (κ1) is 16.3. The molecule has 112 valence electrons. The van der Waals surface area contributed by atoms with Crippen molar-refractivity contribution in [2.24, 2.45) is 0 Å². The van der Waals surface area contributed by atoms with E-state index in [4.69, 9.17) is 16.7 Å². The summed E-state index contributed by atoms with van der Waals surface area (Å²) in [4.78, 5) is 11.8. The molecule has 2 N–H and O–H groups in total. The summed E-state index contributed by atoms with van der Waals surface area (Å²) in [5.41, 5.74) is -0.244. The number of rotatable bonds is 4. The van der Waals surface area contributed by atoms with Crippen molar-refractivity contribution in [2.75, 3.05) is 4.72 Å². The number of nitrogens with one attached hydrogen (secondary N) is 1. The third-order valence-corrected chi connectivity index (χ3v) is 6.00. The third-order valence-electron chi connectivity index (χ3n) is 2.59. The second-order valence-electron chi connectivity index (χ2n) is 4.07. The van der Waals surface area contributed by atoms with Crippen LogP contribution in [0, 0.1) is 6.92 Å². The van der Waals surface area contributed by atoms with E-state index in [1.165, 1.54) is 35.6 Å². The van der Waals surface area contributed by atoms with E-state index < -0.39 is 16.0 Å². The Hall–Kier alpha value is -1.09. The number of sulfonamides is 1. The summed E-state index contributed by atoms with van der Waals surface area (Å²) in [5, 5.41) is 9.34. The van der Waals surface area contributed by atoms with Gasteiger partial charge in [0.15, 0.2) is 0 Å². The number of aromatic carboxylic acids is 1. The molecule has 0 aliphatic rings. The summed E-state index contributed by atoms with van der Waals surface area (Å²) in [6.07, 6.45) is 0. The van der Waals surface area contributed by atoms with Crippen LogP contribution in [0.5, 0.6) is 0 Å². The van der Waals surface area contributed by atoms with Gasteiger partial charge in [-0.25, -0.2) is 13.2 Å². The van der Waals surface area contributed by atoms with Crippen LogP contribution in [-0.2, 0) is 10.0 Å². The molecule has 0 amide bonds. The Morgan fingerprint density at radius 3 is 2.57 bits per heavy atom. The number of hydrogen-bond donors (Lipinski definition) is 2. The van der Waals surface area contributed by atoms with Crippen LogP contribution >= 0.6 is 38.9 Å². The normalized spacial score (nSPS) is 11.4. The number of carboxylic acids is 1. The molecule has 0 aliphatic carbocycles. The number of anilines is 1. The Morgan fingerprint density at radius 2 is 2.05 bits per heavy atom. The number of halogens is 2. The van der Waals surface area contributed by atoms with E-state index in [9.17, 15) is 13.2 Å². The zero-order chi connectivity index (χ0) is 15.8. The minimum absolute atomic E-state index is 0.0725. The zero-order valence-electron chi connectivity index (χ0n) is 10.6. The standard InChI is InChI=1S/C12H9BrClNO4S2/c1-6-10(5-11(13)20-6)21(18,19)15-9-4-7(14)2-3-8(9)12(16)17/h2-5,15H,1H3,(H,16,17). The van der Waals surface area contributed by atoms with Crippen LogP contribution in [0.2, 0.25) is 5.02 Å². The Morgan fingerprint density at radius 1 is 1.38 bits per heavy atom. The summed E-state index contributed by atoms with van der Waals surface area (Å²) in [6, 6.07) is 5.36. The van der Waals surface area contributed by atoms with Crippen molar-refractivity contribution in [3.8, 4) is 0 Å². The van der Waals surface area contributed by atoms with Gasteiger partial charge < -0.3 is 5.11 Å². The fourth-order valence-corrected chi connectivity index (χ4v) is 5.34. The molecule has 1 aromatic carbocycles. The summed E-state index contributed by atoms with van der Waals surface area (Å²) >= 11 is 10.3. The molecule has 0 fully saturated rings. The van der Waals surface area contributed by atoms with Gasteiger partial charge in [0.2, 0.25) is 0 Å². The molecule has 0 aliphatic heterocycles. The van der Waals surface area contributed by atoms with Crippen molar-refractivity contribution in [3.63, 3.8) is 0 Å². The fourth-order valence-electron chi connectivity index (χ4n) is 1.68. The lowest BCUT2D eigenvalue weighted by atomic mass is 10.2. The molecule has 0 saturated carbocycles. The largest absolute Gasteiger partial charge is 0.478 e. The zero-order valence-corrected chi connectivity index (χ0v) is 14.5. The van der Waals surface area contributed by atoms with E-state index in [1.54, 1.807) is 6.92 Å². The van der Waals surface area contributed by atoms with Gasteiger partial charge in [-0.2, -0.15) is 0 Å². The molecule has 0 bridgehead atoms. The molecule has 2 rings (SSSR count). The molecule has 1 aromatic heterocycles. The van der Waals surface area contributed by atoms with Gasteiger partial charge in [-0.15, -0.1) is 11.3 Å². The molecular weight excluding hydrogens is 402 g/mol. The smallest absolute Gasteiger partial charge is 0.337 e. The predicted molar refractivity (Wildman–Crippen MR) is 86.0 cm³/mol. The topological polar surface area (TPSA) is 83.5 Å². The van der Waals surface area contributed by atoms with Crippen LogP contribution in [-0.4, -0.2) is 19.5 Å². The second-order valence-corrected chi connectivity index (χ2v) is 8.79.